The first-order valence-electron chi connectivity index (χ1n) is 12.0. The average molecular weight is 484 g/mol. The third kappa shape index (κ3) is 4.94. The third-order valence-electron chi connectivity index (χ3n) is 6.48. The van der Waals surface area contributed by atoms with E-state index in [-0.39, 0.29) is 28.7 Å². The maximum atomic E-state index is 13.9. The van der Waals surface area contributed by atoms with E-state index in [4.69, 9.17) is 16.0 Å². The molecule has 0 spiro atoms. The normalized spacial score (nSPS) is 14.0. The quantitative estimate of drug-likeness (QED) is 0.272. The van der Waals surface area contributed by atoms with E-state index in [9.17, 15) is 9.59 Å². The van der Waals surface area contributed by atoms with Crippen LogP contribution in [0.2, 0.25) is 5.02 Å². The highest BCUT2D eigenvalue weighted by Gasteiger charge is 2.33. The highest BCUT2D eigenvalue weighted by molar-refractivity contribution is 6.30. The summed E-state index contributed by atoms with van der Waals surface area (Å²) in [6, 6.07) is 25.3. The minimum atomic E-state index is -0.254. The van der Waals surface area contributed by atoms with Crippen molar-refractivity contribution >= 4 is 29.1 Å². The molecule has 5 heteroatoms. The Hall–Kier alpha value is -3.63. The maximum absolute atomic E-state index is 13.9. The molecular formula is C30H26ClNO3. The van der Waals surface area contributed by atoms with Crippen LogP contribution in [0.3, 0.4) is 0 Å². The van der Waals surface area contributed by atoms with Crippen molar-refractivity contribution < 1.29 is 14.0 Å². The molecule has 5 rings (SSSR count). The number of halogens is 1. The molecule has 3 aromatic carbocycles. The topological polar surface area (TPSA) is 59.3 Å². The Bertz CT molecular complexity index is 1320. The van der Waals surface area contributed by atoms with Gasteiger partial charge in [-0.3, -0.25) is 9.59 Å². The van der Waals surface area contributed by atoms with E-state index < -0.39 is 0 Å². The van der Waals surface area contributed by atoms with Crippen LogP contribution in [0.4, 0.5) is 5.88 Å². The standard InChI is InChI=1S/C30H26ClNO3/c31-23-18-16-22(17-19-23)29-25(27(33)20-10-4-1-5-11-20)26(28(34)21-12-6-2-7-13-21)30(35-29)32-24-14-8-3-9-15-24/h1-2,4-7,10-13,16-19,24,32H,3,8-9,14-15H2. The summed E-state index contributed by atoms with van der Waals surface area (Å²) in [4.78, 5) is 27.8. The predicted octanol–water partition coefficient (Wildman–Crippen LogP) is 7.81. The second-order valence-corrected chi connectivity index (χ2v) is 9.32. The van der Waals surface area contributed by atoms with E-state index in [1.165, 1.54) is 6.42 Å². The first-order valence-corrected chi connectivity index (χ1v) is 12.4. The first kappa shape index (κ1) is 23.1. The minimum absolute atomic E-state index is 0.190. The summed E-state index contributed by atoms with van der Waals surface area (Å²) in [5.41, 5.74) is 2.23. The Morgan fingerprint density at radius 2 is 1.26 bits per heavy atom. The van der Waals surface area contributed by atoms with Crippen LogP contribution < -0.4 is 5.32 Å². The molecule has 1 heterocycles. The van der Waals surface area contributed by atoms with Crippen molar-refractivity contribution in [3.8, 4) is 11.3 Å². The van der Waals surface area contributed by atoms with Crippen LogP contribution >= 0.6 is 11.6 Å². The van der Waals surface area contributed by atoms with Gasteiger partial charge in [0, 0.05) is 27.8 Å². The van der Waals surface area contributed by atoms with E-state index in [0.29, 0.717) is 33.4 Å². The summed E-state index contributed by atoms with van der Waals surface area (Å²) in [5.74, 6) is 0.227. The Morgan fingerprint density at radius 3 is 1.83 bits per heavy atom. The van der Waals surface area contributed by atoms with Crippen LogP contribution in [0, 0.1) is 0 Å². The van der Waals surface area contributed by atoms with Crippen LogP contribution in [0.5, 0.6) is 0 Å². The van der Waals surface area contributed by atoms with Gasteiger partial charge in [-0.05, 0) is 37.1 Å². The monoisotopic (exact) mass is 483 g/mol. The summed E-state index contributed by atoms with van der Waals surface area (Å²) in [5, 5.41) is 4.06. The Labute approximate surface area is 209 Å². The number of anilines is 1. The molecule has 1 aromatic heterocycles. The molecule has 0 saturated heterocycles. The fourth-order valence-corrected chi connectivity index (χ4v) is 4.80. The van der Waals surface area contributed by atoms with Gasteiger partial charge in [0.25, 0.3) is 0 Å². The zero-order valence-corrected chi connectivity index (χ0v) is 20.1. The van der Waals surface area contributed by atoms with E-state index in [2.05, 4.69) is 5.32 Å². The van der Waals surface area contributed by atoms with Crippen LogP contribution in [0.15, 0.2) is 89.3 Å². The lowest BCUT2D eigenvalue weighted by atomic mass is 9.92. The summed E-state index contributed by atoms with van der Waals surface area (Å²) >= 11 is 6.13. The van der Waals surface area contributed by atoms with Crippen LogP contribution in [0.1, 0.15) is 63.9 Å². The summed E-state index contributed by atoms with van der Waals surface area (Å²) in [6.45, 7) is 0. The molecule has 35 heavy (non-hydrogen) atoms. The van der Waals surface area contributed by atoms with Gasteiger partial charge in [-0.1, -0.05) is 91.5 Å². The number of carbonyl (C=O) groups is 2. The molecule has 0 bridgehead atoms. The Balaban J connectivity index is 1.72. The molecule has 1 fully saturated rings. The highest BCUT2D eigenvalue weighted by Crippen LogP contribution is 2.39. The molecule has 0 aliphatic heterocycles. The van der Waals surface area contributed by atoms with Gasteiger partial charge in [0.1, 0.15) is 5.76 Å². The van der Waals surface area contributed by atoms with Crippen molar-refractivity contribution in [3.05, 3.63) is 112 Å². The van der Waals surface area contributed by atoms with Gasteiger partial charge in [-0.25, -0.2) is 0 Å². The smallest absolute Gasteiger partial charge is 0.205 e. The summed E-state index contributed by atoms with van der Waals surface area (Å²) in [6.07, 6.45) is 5.45. The SMILES string of the molecule is O=C(c1ccccc1)c1c(NC2CCCCC2)oc(-c2ccc(Cl)cc2)c1C(=O)c1ccccc1. The van der Waals surface area contributed by atoms with Crippen molar-refractivity contribution in [3.63, 3.8) is 0 Å². The molecule has 1 N–H and O–H groups in total. The van der Waals surface area contributed by atoms with Crippen molar-refractivity contribution in [1.82, 2.24) is 0 Å². The van der Waals surface area contributed by atoms with Crippen LogP contribution in [-0.4, -0.2) is 17.6 Å². The summed E-state index contributed by atoms with van der Waals surface area (Å²) < 4.78 is 6.36. The molecule has 176 valence electrons. The van der Waals surface area contributed by atoms with Crippen LogP contribution in [-0.2, 0) is 0 Å². The number of benzene rings is 3. The number of hydrogen-bond donors (Lipinski definition) is 1. The zero-order valence-electron chi connectivity index (χ0n) is 19.3. The predicted molar refractivity (Wildman–Crippen MR) is 139 cm³/mol. The van der Waals surface area contributed by atoms with Crippen molar-refractivity contribution in [2.24, 2.45) is 0 Å². The molecule has 1 aliphatic carbocycles. The van der Waals surface area contributed by atoms with E-state index in [0.717, 1.165) is 25.7 Å². The Kier molecular flexibility index (Phi) is 6.82. The van der Waals surface area contributed by atoms with Gasteiger partial charge in [0.15, 0.2) is 11.6 Å². The highest BCUT2D eigenvalue weighted by atomic mass is 35.5. The minimum Gasteiger partial charge on any atom is -0.439 e. The lowest BCUT2D eigenvalue weighted by molar-refractivity contribution is 0.100. The van der Waals surface area contributed by atoms with Crippen molar-refractivity contribution in [1.29, 1.82) is 0 Å². The zero-order chi connectivity index (χ0) is 24.2. The van der Waals surface area contributed by atoms with Crippen molar-refractivity contribution in [2.75, 3.05) is 5.32 Å². The molecule has 0 radical (unpaired) electrons. The van der Waals surface area contributed by atoms with E-state index >= 15 is 0 Å². The molecule has 0 unspecified atom stereocenters. The van der Waals surface area contributed by atoms with Gasteiger partial charge >= 0.3 is 0 Å². The van der Waals surface area contributed by atoms with Gasteiger partial charge in [0.2, 0.25) is 5.88 Å². The lowest BCUT2D eigenvalue weighted by Gasteiger charge is -2.23. The molecule has 1 saturated carbocycles. The maximum Gasteiger partial charge on any atom is 0.205 e. The summed E-state index contributed by atoms with van der Waals surface area (Å²) in [7, 11) is 0. The van der Waals surface area contributed by atoms with Gasteiger partial charge in [-0.15, -0.1) is 0 Å². The number of hydrogen-bond acceptors (Lipinski definition) is 4. The van der Waals surface area contributed by atoms with Gasteiger partial charge in [0.05, 0.1) is 11.1 Å². The van der Waals surface area contributed by atoms with Gasteiger partial charge in [-0.2, -0.15) is 0 Å². The second-order valence-electron chi connectivity index (χ2n) is 8.89. The first-order chi connectivity index (χ1) is 17.1. The fraction of sp³-hybridized carbons (Fsp3) is 0.200. The average Bonchev–Trinajstić information content (AvgIpc) is 3.28. The number of ketones is 2. The molecule has 4 nitrogen and oxygen atoms in total. The van der Waals surface area contributed by atoms with Crippen molar-refractivity contribution in [2.45, 2.75) is 38.1 Å². The molecule has 0 atom stereocenters. The fourth-order valence-electron chi connectivity index (χ4n) is 4.67. The Morgan fingerprint density at radius 1 is 0.714 bits per heavy atom. The molecule has 1 aliphatic rings. The van der Waals surface area contributed by atoms with Gasteiger partial charge < -0.3 is 9.73 Å². The van der Waals surface area contributed by atoms with E-state index in [1.807, 2.05) is 48.5 Å². The van der Waals surface area contributed by atoms with E-state index in [1.54, 1.807) is 36.4 Å². The molecule has 4 aromatic rings. The van der Waals surface area contributed by atoms with Crippen LogP contribution in [0.25, 0.3) is 11.3 Å². The number of nitrogens with one attached hydrogen (secondary N) is 1. The number of rotatable bonds is 7. The third-order valence-corrected chi connectivity index (χ3v) is 6.73. The molecule has 0 amide bonds. The number of carbonyl (C=O) groups excluding carboxylic acids is 2. The number of furan rings is 1. The largest absolute Gasteiger partial charge is 0.439 e. The molecular weight excluding hydrogens is 458 g/mol. The second kappa shape index (κ2) is 10.3. The lowest BCUT2D eigenvalue weighted by Crippen LogP contribution is -2.23.